The van der Waals surface area contributed by atoms with Crippen LogP contribution in [0.4, 0.5) is 0 Å². The van der Waals surface area contributed by atoms with Crippen molar-refractivity contribution in [1.82, 2.24) is 9.80 Å². The van der Waals surface area contributed by atoms with E-state index in [-0.39, 0.29) is 7.12 Å². The number of nitrogens with zero attached hydrogens (tertiary/aromatic N) is 2. The van der Waals surface area contributed by atoms with Crippen LogP contribution in [0.15, 0.2) is 24.3 Å². The number of rotatable bonds is 5. The molecule has 3 rings (SSSR count). The molecular weight excluding hydrogens is 275 g/mol. The molecule has 0 aliphatic carbocycles. The van der Waals surface area contributed by atoms with E-state index in [1.165, 1.54) is 44.7 Å². The topological polar surface area (TPSA) is 24.9 Å². The lowest BCUT2D eigenvalue weighted by molar-refractivity contribution is 0.143. The van der Waals surface area contributed by atoms with Gasteiger partial charge in [0.25, 0.3) is 0 Å². The maximum atomic E-state index is 5.64. The molecule has 5 heteroatoms. The largest absolute Gasteiger partial charge is 0.493 e. The first-order valence-electron chi connectivity index (χ1n) is 8.54. The third kappa shape index (κ3) is 4.56. The van der Waals surface area contributed by atoms with Gasteiger partial charge in [0, 0.05) is 39.4 Å². The molecule has 2 fully saturated rings. The molecule has 2 aliphatic heterocycles. The number of hydrogen-bond donors (Lipinski definition) is 0. The minimum absolute atomic E-state index is 0.159. The van der Waals surface area contributed by atoms with Crippen LogP contribution in [0.3, 0.4) is 0 Å². The Morgan fingerprint density at radius 2 is 1.68 bits per heavy atom. The van der Waals surface area contributed by atoms with E-state index in [1.54, 1.807) is 0 Å². The summed E-state index contributed by atoms with van der Waals surface area (Å²) in [5.74, 6) is 0. The molecule has 0 atom stereocenters. The van der Waals surface area contributed by atoms with Gasteiger partial charge in [0.15, 0.2) is 0 Å². The normalized spacial score (nSPS) is 21.2. The summed E-state index contributed by atoms with van der Waals surface area (Å²) in [6, 6.07) is 8.75. The summed E-state index contributed by atoms with van der Waals surface area (Å²) in [5, 5.41) is 0. The van der Waals surface area contributed by atoms with Crippen molar-refractivity contribution < 1.29 is 9.31 Å². The molecule has 0 saturated carbocycles. The molecule has 0 spiro atoms. The van der Waals surface area contributed by atoms with Crippen LogP contribution in [0.25, 0.3) is 0 Å². The van der Waals surface area contributed by atoms with E-state index >= 15 is 0 Å². The van der Waals surface area contributed by atoms with Crippen molar-refractivity contribution in [2.75, 3.05) is 53.0 Å². The van der Waals surface area contributed by atoms with Crippen LogP contribution in [-0.2, 0) is 15.7 Å². The minimum atomic E-state index is -0.159. The number of benzene rings is 1. The third-order valence-electron chi connectivity index (χ3n) is 4.61. The summed E-state index contributed by atoms with van der Waals surface area (Å²) < 4.78 is 11.3. The fourth-order valence-corrected chi connectivity index (χ4v) is 3.10. The molecule has 0 N–H and O–H groups in total. The van der Waals surface area contributed by atoms with Crippen molar-refractivity contribution >= 4 is 12.6 Å². The molecule has 4 nitrogen and oxygen atoms in total. The Kier molecular flexibility index (Phi) is 5.90. The van der Waals surface area contributed by atoms with Gasteiger partial charge in [-0.2, -0.15) is 0 Å². The lowest BCUT2D eigenvalue weighted by Gasteiger charge is -2.32. The Hall–Kier alpha value is -0.875. The summed E-state index contributed by atoms with van der Waals surface area (Å²) in [4.78, 5) is 4.99. The summed E-state index contributed by atoms with van der Waals surface area (Å²) in [7, 11) is 2.05. The first-order valence-corrected chi connectivity index (χ1v) is 8.54. The van der Waals surface area contributed by atoms with Gasteiger partial charge in [-0.05, 0) is 43.9 Å². The Labute approximate surface area is 134 Å². The van der Waals surface area contributed by atoms with Gasteiger partial charge in [-0.15, -0.1) is 0 Å². The molecule has 2 aliphatic rings. The van der Waals surface area contributed by atoms with Crippen LogP contribution in [-0.4, -0.2) is 69.9 Å². The molecule has 1 aromatic carbocycles. The average Bonchev–Trinajstić information content (AvgIpc) is 2.58. The molecular formula is C17H27BN2O2. The fourth-order valence-electron chi connectivity index (χ4n) is 3.10. The van der Waals surface area contributed by atoms with Gasteiger partial charge in [-0.3, -0.25) is 0 Å². The quantitative estimate of drug-likeness (QED) is 0.758. The average molecular weight is 302 g/mol. The van der Waals surface area contributed by atoms with Gasteiger partial charge >= 0.3 is 7.12 Å². The van der Waals surface area contributed by atoms with E-state index < -0.39 is 0 Å². The Balaban J connectivity index is 1.41. The summed E-state index contributed by atoms with van der Waals surface area (Å²) >= 11 is 0. The van der Waals surface area contributed by atoms with Crippen LogP contribution in [0.1, 0.15) is 18.4 Å². The molecule has 2 saturated heterocycles. The van der Waals surface area contributed by atoms with Crippen molar-refractivity contribution in [3.8, 4) is 0 Å². The monoisotopic (exact) mass is 302 g/mol. The van der Waals surface area contributed by atoms with E-state index in [9.17, 15) is 0 Å². The summed E-state index contributed by atoms with van der Waals surface area (Å²) in [6.45, 7) is 7.66. The van der Waals surface area contributed by atoms with Crippen molar-refractivity contribution in [2.45, 2.75) is 19.3 Å². The van der Waals surface area contributed by atoms with Gasteiger partial charge in [0.1, 0.15) is 0 Å². The Morgan fingerprint density at radius 1 is 1.00 bits per heavy atom. The standard InChI is InChI=1S/C17H27BN2O2/c1-19-10-12-20(13-11-19)9-2-4-16-5-7-17(8-6-16)18-21-14-3-15-22-18/h5-8H,2-4,9-15H2,1H3. The summed E-state index contributed by atoms with van der Waals surface area (Å²) in [5.41, 5.74) is 2.55. The lowest BCUT2D eigenvalue weighted by Crippen LogP contribution is -2.44. The number of likely N-dealkylation sites (N-methyl/N-ethyl adjacent to an activating group) is 1. The molecule has 0 unspecified atom stereocenters. The second-order valence-corrected chi connectivity index (χ2v) is 6.42. The number of hydrogen-bond acceptors (Lipinski definition) is 4. The van der Waals surface area contributed by atoms with Gasteiger partial charge in [-0.1, -0.05) is 24.3 Å². The molecule has 120 valence electrons. The van der Waals surface area contributed by atoms with Crippen LogP contribution in [0.2, 0.25) is 0 Å². The second kappa shape index (κ2) is 8.11. The number of piperazine rings is 1. The Morgan fingerprint density at radius 3 is 2.36 bits per heavy atom. The fraction of sp³-hybridized carbons (Fsp3) is 0.647. The molecule has 1 aromatic rings. The van der Waals surface area contributed by atoms with Gasteiger partial charge in [-0.25, -0.2) is 0 Å². The van der Waals surface area contributed by atoms with Crippen molar-refractivity contribution in [3.05, 3.63) is 29.8 Å². The molecule has 0 amide bonds. The second-order valence-electron chi connectivity index (χ2n) is 6.42. The zero-order chi connectivity index (χ0) is 15.2. The van der Waals surface area contributed by atoms with Crippen LogP contribution < -0.4 is 5.46 Å². The first-order chi connectivity index (χ1) is 10.8. The van der Waals surface area contributed by atoms with E-state index in [4.69, 9.17) is 9.31 Å². The third-order valence-corrected chi connectivity index (χ3v) is 4.61. The highest BCUT2D eigenvalue weighted by Gasteiger charge is 2.23. The highest BCUT2D eigenvalue weighted by molar-refractivity contribution is 6.61. The van der Waals surface area contributed by atoms with Gasteiger partial charge < -0.3 is 19.1 Å². The SMILES string of the molecule is CN1CCN(CCCc2ccc(B3OCCCO3)cc2)CC1. The highest BCUT2D eigenvalue weighted by Crippen LogP contribution is 2.07. The lowest BCUT2D eigenvalue weighted by atomic mass is 9.77. The van der Waals surface area contributed by atoms with E-state index in [1.807, 2.05) is 0 Å². The van der Waals surface area contributed by atoms with Gasteiger partial charge in [0.2, 0.25) is 0 Å². The Bertz CT molecular complexity index is 440. The molecule has 0 bridgehead atoms. The molecule has 0 aromatic heterocycles. The smallest absolute Gasteiger partial charge is 0.407 e. The van der Waals surface area contributed by atoms with Crippen LogP contribution >= 0.6 is 0 Å². The predicted molar refractivity (Wildman–Crippen MR) is 90.6 cm³/mol. The van der Waals surface area contributed by atoms with E-state index in [0.29, 0.717) is 0 Å². The highest BCUT2D eigenvalue weighted by atomic mass is 16.6. The molecule has 0 radical (unpaired) electrons. The zero-order valence-electron chi connectivity index (χ0n) is 13.7. The maximum Gasteiger partial charge on any atom is 0.493 e. The van der Waals surface area contributed by atoms with Crippen molar-refractivity contribution in [2.24, 2.45) is 0 Å². The van der Waals surface area contributed by atoms with Crippen LogP contribution in [0.5, 0.6) is 0 Å². The zero-order valence-corrected chi connectivity index (χ0v) is 13.7. The van der Waals surface area contributed by atoms with E-state index in [0.717, 1.165) is 31.5 Å². The van der Waals surface area contributed by atoms with Crippen molar-refractivity contribution in [1.29, 1.82) is 0 Å². The maximum absolute atomic E-state index is 5.64. The van der Waals surface area contributed by atoms with Crippen molar-refractivity contribution in [3.63, 3.8) is 0 Å². The van der Waals surface area contributed by atoms with Crippen LogP contribution in [0, 0.1) is 0 Å². The number of aryl methyl sites for hydroxylation is 1. The first kappa shape index (κ1) is 16.0. The molecule has 2 heterocycles. The summed E-state index contributed by atoms with van der Waals surface area (Å²) in [6.07, 6.45) is 3.39. The minimum Gasteiger partial charge on any atom is -0.407 e. The van der Waals surface area contributed by atoms with Gasteiger partial charge in [0.05, 0.1) is 0 Å². The van der Waals surface area contributed by atoms with E-state index in [2.05, 4.69) is 41.1 Å². The predicted octanol–water partition coefficient (Wildman–Crippen LogP) is 0.999. The molecule has 22 heavy (non-hydrogen) atoms.